The summed E-state index contributed by atoms with van der Waals surface area (Å²) in [7, 11) is 17.2. The van der Waals surface area contributed by atoms with E-state index < -0.39 is 0 Å². The molecule has 13 aromatic heterocycles. The summed E-state index contributed by atoms with van der Waals surface area (Å²) in [4.78, 5) is 31.6. The van der Waals surface area contributed by atoms with Gasteiger partial charge in [-0.25, -0.2) is 41.5 Å². The minimum atomic E-state index is 0.250. The van der Waals surface area contributed by atoms with E-state index in [9.17, 15) is 0 Å². The molecule has 2 aromatic carbocycles. The fraction of sp³-hybridized carbons (Fsp3) is 0.211. The van der Waals surface area contributed by atoms with Crippen molar-refractivity contribution in [2.75, 3.05) is 0 Å². The Morgan fingerprint density at radius 1 is 0.217 bits per heavy atom. The molecule has 15 aromatic rings. The maximum absolute atomic E-state index is 4.68. The fourth-order valence-corrected chi connectivity index (χ4v) is 22.3. The van der Waals surface area contributed by atoms with Gasteiger partial charge in [-0.2, -0.15) is 0 Å². The number of hydrogen-bond donors (Lipinski definition) is 0. The first-order chi connectivity index (χ1) is 56.2. The highest BCUT2D eigenvalue weighted by molar-refractivity contribution is 6.98. The standard InChI is InChI=1S/2C20H18BN2.C19H18BN3.2C18H17BN4/c2*1-13-5-3-6-14-9-16-11-22-12-17-10-15-7-4-8-23(2)20(15)21(18(13)14)19(16)17;1-22-7-3-5-13-9-15-11-21-12-16-10-14-6-4-8-23(2)19(14)20(17(15)16)18(13)22;1-22-6-3-4-12-8-13-10-20-11-14-9-15-18(23(2)7-5-21-15)19(16(13)14)17(12)22;1-22-5-3-4-12-6-13-8-20-9-14-7-15-10-21-11-23(2)18(15)19(16(13)14)17(12)22/h3*3-8,11-12H,9-10H2,1-2H3;3-7,10-11H,8-9H2,1-2H3;3-5,8-11H,6-7H2,1-2H3/q2*+1;3*+2. The first-order valence-electron chi connectivity index (χ1n) is 40.6. The predicted molar refractivity (Wildman–Crippen MR) is 451 cm³/mol. The number of aromatic nitrogens is 15. The molecule has 0 saturated heterocycles. The summed E-state index contributed by atoms with van der Waals surface area (Å²) in [5.41, 5.74) is 52.1. The second-order valence-electron chi connectivity index (χ2n) is 33.5. The van der Waals surface area contributed by atoms with Gasteiger partial charge in [0.2, 0.25) is 0 Å². The molecule has 0 aliphatic carbocycles. The lowest BCUT2D eigenvalue weighted by atomic mass is 9.31. The molecule has 0 unspecified atom stereocenters. The summed E-state index contributed by atoms with van der Waals surface area (Å²) in [5.74, 6) is 0. The van der Waals surface area contributed by atoms with Crippen LogP contribution in [-0.4, -0.2) is 68.5 Å². The number of benzene rings is 2. The monoisotopic (exact) mass is 1490 g/mol. The van der Waals surface area contributed by atoms with E-state index in [4.69, 9.17) is 0 Å². The molecule has 0 amide bonds. The highest BCUT2D eigenvalue weighted by Gasteiger charge is 2.52. The van der Waals surface area contributed by atoms with Gasteiger partial charge < -0.3 is 0 Å². The summed E-state index contributed by atoms with van der Waals surface area (Å²) >= 11 is 0. The number of fused-ring (bicyclic) bond motifs is 20. The van der Waals surface area contributed by atoms with Crippen molar-refractivity contribution < 1.29 is 36.5 Å². The zero-order chi connectivity index (χ0) is 77.8. The highest BCUT2D eigenvalue weighted by atomic mass is 15.0. The quantitative estimate of drug-likeness (QED) is 0.118. The van der Waals surface area contributed by atoms with Crippen LogP contribution in [0.3, 0.4) is 0 Å². The first-order valence-corrected chi connectivity index (χ1v) is 40.6. The molecule has 0 N–H and O–H groups in total. The SMILES string of the molecule is C[n+]1cccc2c1B1c3c(cncc3Cc3ccc[n+](C)c31)C2.C[n+]1cccc2c1B1c3c(cncc3Cc3cnc[n+](C)c31)C2.C[n+]1cccc2c1B1c3c(cncc3Cc3ncc[n+](C)c31)C2.Cc1cccc2c1B1c3c(cncc3Cc3ccc[n+](C)c31)C2.Cc1cccc2c1B1c3c(cncc3Cc3ccc[n+](C)c31)C2. The van der Waals surface area contributed by atoms with E-state index in [1.165, 1.54) is 206 Å². The van der Waals surface area contributed by atoms with Crippen molar-refractivity contribution in [1.29, 1.82) is 0 Å². The summed E-state index contributed by atoms with van der Waals surface area (Å²) < 4.78 is 18.2. The topological polar surface area (TPSA) is 121 Å². The van der Waals surface area contributed by atoms with Gasteiger partial charge >= 0.3 is 33.6 Å². The van der Waals surface area contributed by atoms with Gasteiger partial charge in [0.1, 0.15) is 72.4 Å². The van der Waals surface area contributed by atoms with Crippen molar-refractivity contribution in [3.05, 3.63) is 356 Å². The van der Waals surface area contributed by atoms with Crippen molar-refractivity contribution in [2.24, 2.45) is 56.4 Å². The normalized spacial score (nSPS) is 14.1. The number of rotatable bonds is 0. The molecular formula is C95H88B5N15+8. The zero-order valence-electron chi connectivity index (χ0n) is 67.1. The largest absolute Gasteiger partial charge is 0.409 e. The third-order valence-corrected chi connectivity index (χ3v) is 26.9. The first kappa shape index (κ1) is 70.4. The lowest BCUT2D eigenvalue weighted by Crippen LogP contribution is -2.75. The zero-order valence-corrected chi connectivity index (χ0v) is 67.1. The van der Waals surface area contributed by atoms with Gasteiger partial charge in [0.15, 0.2) is 71.3 Å². The van der Waals surface area contributed by atoms with Crippen LogP contribution in [0.25, 0.3) is 0 Å². The molecule has 0 spiro atoms. The van der Waals surface area contributed by atoms with Crippen LogP contribution < -0.4 is 120 Å². The molecule has 10 aliphatic rings. The minimum absolute atomic E-state index is 0.250. The molecule has 115 heavy (non-hydrogen) atoms. The molecule has 23 heterocycles. The Labute approximate surface area is 674 Å². The van der Waals surface area contributed by atoms with Crippen LogP contribution in [0.5, 0.6) is 0 Å². The van der Waals surface area contributed by atoms with Crippen LogP contribution in [-0.2, 0) is 121 Å². The molecule has 0 radical (unpaired) electrons. The predicted octanol–water partition coefficient (Wildman–Crippen LogP) is -2.97. The molecule has 0 atom stereocenters. The van der Waals surface area contributed by atoms with Gasteiger partial charge in [-0.15, -0.1) is 0 Å². The lowest BCUT2D eigenvalue weighted by Gasteiger charge is -2.31. The summed E-state index contributed by atoms with van der Waals surface area (Å²) in [6, 6.07) is 39.9. The van der Waals surface area contributed by atoms with Crippen LogP contribution in [0, 0.1) is 13.8 Å². The Hall–Kier alpha value is -12.4. The average molecular weight is 1490 g/mol. The molecule has 20 heteroatoms. The van der Waals surface area contributed by atoms with Crippen LogP contribution in [0.2, 0.25) is 0 Å². The van der Waals surface area contributed by atoms with E-state index in [1.807, 2.05) is 43.5 Å². The Kier molecular flexibility index (Phi) is 17.0. The van der Waals surface area contributed by atoms with E-state index in [2.05, 4.69) is 331 Å². The van der Waals surface area contributed by atoms with Crippen LogP contribution in [0.1, 0.15) is 123 Å². The van der Waals surface area contributed by atoms with Gasteiger partial charge in [-0.3, -0.25) is 24.9 Å². The molecular weight excluding hydrogens is 1410 g/mol. The summed E-state index contributed by atoms with van der Waals surface area (Å²) in [6.45, 7) is 6.04. The van der Waals surface area contributed by atoms with Crippen molar-refractivity contribution in [2.45, 2.75) is 78.1 Å². The van der Waals surface area contributed by atoms with Gasteiger partial charge in [-0.1, -0.05) is 74.4 Å². The fourth-order valence-electron chi connectivity index (χ4n) is 22.3. The van der Waals surface area contributed by atoms with Crippen LogP contribution >= 0.6 is 0 Å². The number of aryl methyl sites for hydroxylation is 10. The average Bonchev–Trinajstić information content (AvgIpc) is 0.747. The van der Waals surface area contributed by atoms with Crippen molar-refractivity contribution in [3.63, 3.8) is 0 Å². The highest BCUT2D eigenvalue weighted by Crippen LogP contribution is 2.27. The molecule has 15 nitrogen and oxygen atoms in total. The molecule has 25 rings (SSSR count). The third kappa shape index (κ3) is 11.4. The maximum Gasteiger partial charge on any atom is 0.409 e. The Bertz CT molecular complexity index is 5210. The van der Waals surface area contributed by atoms with Crippen molar-refractivity contribution in [1.82, 2.24) is 34.9 Å². The van der Waals surface area contributed by atoms with Gasteiger partial charge in [-0.05, 0) is 146 Å². The van der Waals surface area contributed by atoms with E-state index in [1.54, 1.807) is 0 Å². The van der Waals surface area contributed by atoms with E-state index >= 15 is 0 Å². The van der Waals surface area contributed by atoms with Crippen LogP contribution in [0.15, 0.2) is 233 Å². The summed E-state index contributed by atoms with van der Waals surface area (Å²) in [6.07, 6.45) is 51.2. The molecule has 0 saturated carbocycles. The second kappa shape index (κ2) is 27.7. The Morgan fingerprint density at radius 2 is 0.461 bits per heavy atom. The van der Waals surface area contributed by atoms with Gasteiger partial charge in [0.25, 0.3) is 6.33 Å². The Balaban J connectivity index is 0.0000000900. The number of nitrogens with zero attached hydrogens (tertiary/aromatic N) is 15. The second-order valence-corrected chi connectivity index (χ2v) is 33.5. The van der Waals surface area contributed by atoms with E-state index in [0.29, 0.717) is 20.1 Å². The van der Waals surface area contributed by atoms with E-state index in [-0.39, 0.29) is 13.4 Å². The lowest BCUT2D eigenvalue weighted by molar-refractivity contribution is -0.661. The van der Waals surface area contributed by atoms with Crippen LogP contribution in [0.4, 0.5) is 0 Å². The van der Waals surface area contributed by atoms with Gasteiger partial charge in [0, 0.05) is 189 Å². The molecule has 0 bridgehead atoms. The maximum atomic E-state index is 4.68. The summed E-state index contributed by atoms with van der Waals surface area (Å²) in [5, 5.41) is 0. The number of pyridine rings is 11. The molecule has 0 fully saturated rings. The van der Waals surface area contributed by atoms with Crippen molar-refractivity contribution in [3.8, 4) is 0 Å². The molecule has 550 valence electrons. The van der Waals surface area contributed by atoms with E-state index in [0.717, 1.165) is 64.2 Å². The Morgan fingerprint density at radius 3 is 0.791 bits per heavy atom. The smallest absolute Gasteiger partial charge is 0.264 e. The molecule has 10 aliphatic heterocycles. The van der Waals surface area contributed by atoms with Gasteiger partial charge in [0.05, 0.1) is 18.8 Å². The number of hydrogen-bond acceptors (Lipinski definition) is 7. The third-order valence-electron chi connectivity index (χ3n) is 26.9. The minimum Gasteiger partial charge on any atom is -0.264 e. The van der Waals surface area contributed by atoms with Crippen molar-refractivity contribution >= 4 is 117 Å².